The minimum Gasteiger partial charge on any atom is -0.368 e. The van der Waals surface area contributed by atoms with Crippen LogP contribution in [0.3, 0.4) is 0 Å². The maximum Gasteiger partial charge on any atom is 0.343 e. The van der Waals surface area contributed by atoms with E-state index in [1.807, 2.05) is 13.8 Å². The van der Waals surface area contributed by atoms with E-state index in [9.17, 15) is 9.59 Å². The fourth-order valence-corrected chi connectivity index (χ4v) is 2.60. The molecule has 1 amide bonds. The Morgan fingerprint density at radius 1 is 1.63 bits per heavy atom. The lowest BCUT2D eigenvalue weighted by Crippen LogP contribution is -2.53. The summed E-state index contributed by atoms with van der Waals surface area (Å²) >= 11 is 1.48. The van der Waals surface area contributed by atoms with E-state index in [-0.39, 0.29) is 11.6 Å². The first-order valence-corrected chi connectivity index (χ1v) is 7.18. The topological polar surface area (TPSA) is 106 Å². The van der Waals surface area contributed by atoms with Crippen molar-refractivity contribution in [3.8, 4) is 0 Å². The summed E-state index contributed by atoms with van der Waals surface area (Å²) in [4.78, 5) is 22.6. The van der Waals surface area contributed by atoms with Gasteiger partial charge in [-0.1, -0.05) is 18.7 Å². The van der Waals surface area contributed by atoms with E-state index in [0.29, 0.717) is 18.1 Å². The molecule has 7 nitrogen and oxygen atoms in total. The van der Waals surface area contributed by atoms with Gasteiger partial charge in [0.05, 0.1) is 5.54 Å². The van der Waals surface area contributed by atoms with Gasteiger partial charge in [-0.2, -0.15) is 0 Å². The number of nitrogens with two attached hydrogens (primary N) is 1. The van der Waals surface area contributed by atoms with Gasteiger partial charge in [-0.3, -0.25) is 9.36 Å². The number of H-pyrrole nitrogens is 1. The monoisotopic (exact) mass is 287 g/mol. The summed E-state index contributed by atoms with van der Waals surface area (Å²) in [5, 5.41) is 10.0. The summed E-state index contributed by atoms with van der Waals surface area (Å²) in [6.07, 6.45) is 1.46. The van der Waals surface area contributed by atoms with Gasteiger partial charge in [0, 0.05) is 12.8 Å². The number of amides is 1. The summed E-state index contributed by atoms with van der Waals surface area (Å²) in [5.74, 6) is 0.429. The van der Waals surface area contributed by atoms with Gasteiger partial charge in [-0.25, -0.2) is 9.89 Å². The molecule has 4 N–H and O–H groups in total. The number of carbonyl (C=O) groups excluding carboxylic acids is 1. The van der Waals surface area contributed by atoms with Crippen LogP contribution in [0.4, 0.5) is 0 Å². The van der Waals surface area contributed by atoms with Gasteiger partial charge < -0.3 is 11.1 Å². The van der Waals surface area contributed by atoms with Crippen molar-refractivity contribution in [3.05, 3.63) is 10.5 Å². The number of carbonyl (C=O) groups is 1. The number of hydrogen-bond donors (Lipinski definition) is 3. The Morgan fingerprint density at radius 2 is 2.32 bits per heavy atom. The Balaban J connectivity index is 2.43. The number of likely N-dealkylation sites (N-methyl/N-ethyl adjacent to an activating group) is 1. The van der Waals surface area contributed by atoms with E-state index < -0.39 is 5.54 Å². The molecule has 1 heterocycles. The first-order chi connectivity index (χ1) is 8.90. The smallest absolute Gasteiger partial charge is 0.343 e. The number of nitrogens with one attached hydrogen (secondary N) is 2. The van der Waals surface area contributed by atoms with Gasteiger partial charge in [0.15, 0.2) is 5.16 Å². The highest BCUT2D eigenvalue weighted by molar-refractivity contribution is 7.99. The van der Waals surface area contributed by atoms with Crippen molar-refractivity contribution in [2.24, 2.45) is 12.8 Å². The van der Waals surface area contributed by atoms with Gasteiger partial charge in [-0.15, -0.1) is 5.10 Å². The summed E-state index contributed by atoms with van der Waals surface area (Å²) in [5.41, 5.74) is 4.51. The molecule has 1 atom stereocenters. The van der Waals surface area contributed by atoms with Crippen LogP contribution >= 0.6 is 11.8 Å². The number of primary amides is 1. The van der Waals surface area contributed by atoms with E-state index in [0.717, 1.165) is 12.2 Å². The molecule has 108 valence electrons. The Morgan fingerprint density at radius 3 is 2.79 bits per heavy atom. The molecule has 1 aromatic rings. The molecular weight excluding hydrogens is 266 g/mol. The second-order valence-electron chi connectivity index (χ2n) is 4.55. The van der Waals surface area contributed by atoms with Crippen LogP contribution in [0, 0.1) is 0 Å². The Kier molecular flexibility index (Phi) is 5.61. The first kappa shape index (κ1) is 15.8. The third kappa shape index (κ3) is 4.10. The molecule has 19 heavy (non-hydrogen) atoms. The largest absolute Gasteiger partial charge is 0.368 e. The van der Waals surface area contributed by atoms with Crippen LogP contribution in [0.25, 0.3) is 0 Å². The molecule has 0 spiro atoms. The molecule has 0 aliphatic heterocycles. The summed E-state index contributed by atoms with van der Waals surface area (Å²) in [7, 11) is 1.67. The number of aromatic amines is 1. The van der Waals surface area contributed by atoms with Crippen LogP contribution in [0.15, 0.2) is 9.95 Å². The second kappa shape index (κ2) is 6.76. The average molecular weight is 287 g/mol. The molecule has 8 heteroatoms. The van der Waals surface area contributed by atoms with Crippen LogP contribution in [0.2, 0.25) is 0 Å². The van der Waals surface area contributed by atoms with Gasteiger partial charge in [-0.05, 0) is 26.3 Å². The number of hydrogen-bond acceptors (Lipinski definition) is 5. The lowest BCUT2D eigenvalue weighted by Gasteiger charge is -2.26. The molecule has 1 unspecified atom stereocenters. The Labute approximate surface area is 116 Å². The fourth-order valence-electron chi connectivity index (χ4n) is 1.74. The van der Waals surface area contributed by atoms with E-state index in [1.165, 1.54) is 16.3 Å². The first-order valence-electron chi connectivity index (χ1n) is 6.20. The predicted octanol–water partition coefficient (Wildman–Crippen LogP) is -0.166. The fraction of sp³-hybridized carbons (Fsp3) is 0.727. The van der Waals surface area contributed by atoms with Crippen molar-refractivity contribution in [3.63, 3.8) is 0 Å². The standard InChI is InChI=1S/C11H21N5O2S/c1-4-13-11(2,8(12)17)6-5-7-19-10-15-14-9(18)16(10)3/h13H,4-7H2,1-3H3,(H2,12,17)(H,14,18). The molecule has 0 aliphatic carbocycles. The van der Waals surface area contributed by atoms with Crippen molar-refractivity contribution in [2.45, 2.75) is 37.4 Å². The summed E-state index contributed by atoms with van der Waals surface area (Å²) in [6, 6.07) is 0. The highest BCUT2D eigenvalue weighted by Gasteiger charge is 2.28. The Hall–Kier alpha value is -1.28. The van der Waals surface area contributed by atoms with Crippen LogP contribution < -0.4 is 16.7 Å². The zero-order valence-corrected chi connectivity index (χ0v) is 12.3. The quantitative estimate of drug-likeness (QED) is 0.455. The molecule has 0 aromatic carbocycles. The van der Waals surface area contributed by atoms with Crippen LogP contribution in [-0.4, -0.2) is 38.5 Å². The van der Waals surface area contributed by atoms with Gasteiger partial charge in [0.2, 0.25) is 5.91 Å². The number of rotatable bonds is 8. The molecule has 0 saturated carbocycles. The number of nitrogens with zero attached hydrogens (tertiary/aromatic N) is 2. The average Bonchev–Trinajstić information content (AvgIpc) is 2.66. The van der Waals surface area contributed by atoms with E-state index in [4.69, 9.17) is 5.73 Å². The lowest BCUT2D eigenvalue weighted by molar-refractivity contribution is -0.124. The Bertz CT molecular complexity index is 484. The number of aromatic nitrogens is 3. The third-order valence-corrected chi connectivity index (χ3v) is 4.12. The van der Waals surface area contributed by atoms with Crippen LogP contribution in [0.5, 0.6) is 0 Å². The summed E-state index contributed by atoms with van der Waals surface area (Å²) < 4.78 is 1.46. The molecule has 0 aliphatic rings. The maximum absolute atomic E-state index is 11.4. The van der Waals surface area contributed by atoms with Crippen molar-refractivity contribution in [2.75, 3.05) is 12.3 Å². The maximum atomic E-state index is 11.4. The molecule has 0 saturated heterocycles. The van der Waals surface area contributed by atoms with Gasteiger partial charge in [0.25, 0.3) is 0 Å². The zero-order valence-electron chi connectivity index (χ0n) is 11.5. The van der Waals surface area contributed by atoms with E-state index in [2.05, 4.69) is 15.5 Å². The summed E-state index contributed by atoms with van der Waals surface area (Å²) in [6.45, 7) is 4.45. The second-order valence-corrected chi connectivity index (χ2v) is 5.61. The molecule has 0 fully saturated rings. The van der Waals surface area contributed by atoms with E-state index in [1.54, 1.807) is 7.05 Å². The van der Waals surface area contributed by atoms with Gasteiger partial charge in [0.1, 0.15) is 0 Å². The molecule has 0 bridgehead atoms. The molecule has 1 aromatic heterocycles. The van der Waals surface area contributed by atoms with Crippen molar-refractivity contribution >= 4 is 17.7 Å². The van der Waals surface area contributed by atoms with Crippen LogP contribution in [0.1, 0.15) is 26.7 Å². The van der Waals surface area contributed by atoms with Crippen molar-refractivity contribution < 1.29 is 4.79 Å². The highest BCUT2D eigenvalue weighted by atomic mass is 32.2. The minimum absolute atomic E-state index is 0.225. The van der Waals surface area contributed by atoms with Gasteiger partial charge >= 0.3 is 5.69 Å². The van der Waals surface area contributed by atoms with Crippen molar-refractivity contribution in [1.82, 2.24) is 20.1 Å². The molecule has 1 rings (SSSR count). The number of thioether (sulfide) groups is 1. The third-order valence-electron chi connectivity index (χ3n) is 3.00. The zero-order chi connectivity index (χ0) is 14.5. The minimum atomic E-state index is -0.674. The lowest BCUT2D eigenvalue weighted by atomic mass is 9.95. The highest BCUT2D eigenvalue weighted by Crippen LogP contribution is 2.18. The van der Waals surface area contributed by atoms with Crippen LogP contribution in [-0.2, 0) is 11.8 Å². The van der Waals surface area contributed by atoms with E-state index >= 15 is 0 Å². The molecular formula is C11H21N5O2S. The predicted molar refractivity (Wildman–Crippen MR) is 75.1 cm³/mol. The molecule has 0 radical (unpaired) electrons. The normalized spacial score (nSPS) is 14.3. The van der Waals surface area contributed by atoms with Crippen molar-refractivity contribution in [1.29, 1.82) is 0 Å². The SMILES string of the molecule is CCNC(C)(CCCSc1n[nH]c(=O)n1C)C(N)=O.